The molecule has 1 aliphatic rings. The molecule has 1 amide bonds. The Hall–Kier alpha value is -2.92. The van der Waals surface area contributed by atoms with Crippen LogP contribution < -0.4 is 9.64 Å². The highest BCUT2D eigenvalue weighted by Gasteiger charge is 2.16. The van der Waals surface area contributed by atoms with Gasteiger partial charge >= 0.3 is 0 Å². The quantitative estimate of drug-likeness (QED) is 0.371. The van der Waals surface area contributed by atoms with E-state index >= 15 is 0 Å². The first-order valence-electron chi connectivity index (χ1n) is 11.2. The van der Waals surface area contributed by atoms with Crippen LogP contribution in [-0.4, -0.2) is 25.8 Å². The number of fused-ring (bicyclic) bond motifs is 1. The summed E-state index contributed by atoms with van der Waals surface area (Å²) in [7, 11) is 1.82. The molecule has 0 unspecified atom stereocenters. The third kappa shape index (κ3) is 5.28. The molecule has 0 N–H and O–H groups in total. The Morgan fingerprint density at radius 3 is 2.88 bits per heavy atom. The minimum atomic E-state index is 0.00483. The highest BCUT2D eigenvalue weighted by atomic mass is 32.1. The summed E-state index contributed by atoms with van der Waals surface area (Å²) in [6, 6.07) is 16.3. The number of carbonyl (C=O) groups excluding carboxylic acids is 1. The third-order valence-corrected chi connectivity index (χ3v) is 6.65. The molecule has 4 nitrogen and oxygen atoms in total. The minimum absolute atomic E-state index is 0.00483. The maximum absolute atomic E-state index is 12.8. The molecule has 5 heteroatoms. The molecule has 0 bridgehead atoms. The second kappa shape index (κ2) is 10.1. The molecule has 3 aromatic rings. The number of aliphatic imine (C=N–C) groups is 1. The largest absolute Gasteiger partial charge is 0.493 e. The van der Waals surface area contributed by atoms with E-state index in [0.717, 1.165) is 54.3 Å². The number of anilines is 1. The van der Waals surface area contributed by atoms with Gasteiger partial charge in [0.25, 0.3) is 5.91 Å². The first-order valence-corrected chi connectivity index (χ1v) is 12.1. The van der Waals surface area contributed by atoms with E-state index < -0.39 is 0 Å². The Balaban J connectivity index is 1.55. The van der Waals surface area contributed by atoms with Crippen molar-refractivity contribution in [1.29, 1.82) is 0 Å². The van der Waals surface area contributed by atoms with E-state index in [4.69, 9.17) is 9.73 Å². The molecule has 4 rings (SSSR count). The van der Waals surface area contributed by atoms with Crippen molar-refractivity contribution in [3.63, 3.8) is 0 Å². The van der Waals surface area contributed by atoms with Crippen LogP contribution in [0.5, 0.6) is 5.75 Å². The Labute approximate surface area is 194 Å². The topological polar surface area (TPSA) is 41.9 Å². The van der Waals surface area contributed by atoms with E-state index in [1.807, 2.05) is 42.9 Å². The van der Waals surface area contributed by atoms with Gasteiger partial charge in [-0.2, -0.15) is 0 Å². The predicted octanol–water partition coefficient (Wildman–Crippen LogP) is 6.49. The summed E-state index contributed by atoms with van der Waals surface area (Å²) in [5.41, 5.74) is 5.54. The number of benzene rings is 2. The average Bonchev–Trinajstić information content (AvgIpc) is 3.49. The van der Waals surface area contributed by atoms with Gasteiger partial charge in [0.15, 0.2) is 0 Å². The summed E-state index contributed by atoms with van der Waals surface area (Å²) in [5.74, 6) is 1.64. The van der Waals surface area contributed by atoms with Gasteiger partial charge in [0.2, 0.25) is 0 Å². The Morgan fingerprint density at radius 2 is 2.09 bits per heavy atom. The lowest BCUT2D eigenvalue weighted by Crippen LogP contribution is -2.25. The lowest BCUT2D eigenvalue weighted by Gasteiger charge is -2.18. The summed E-state index contributed by atoms with van der Waals surface area (Å²) >= 11 is 1.46. The molecule has 2 aromatic carbocycles. The lowest BCUT2D eigenvalue weighted by atomic mass is 10.0. The summed E-state index contributed by atoms with van der Waals surface area (Å²) < 4.78 is 5.61. The molecule has 0 aliphatic carbocycles. The molecule has 0 radical (unpaired) electrons. The molecule has 1 aliphatic heterocycles. The van der Waals surface area contributed by atoms with Crippen molar-refractivity contribution in [1.82, 2.24) is 0 Å². The van der Waals surface area contributed by atoms with Gasteiger partial charge in [0, 0.05) is 31.8 Å². The standard InChI is InChI=1S/C27H30N2O2S/c1-19(2)6-8-21-9-10-23(29(3)27(30)26-5-4-16-32-26)18-24(21)28-14-12-20-7-11-25-22(17-20)13-15-31-25/h4-5,7,9-11,14,16-19H,6,8,12-13,15H2,1-3H3. The zero-order valence-electron chi connectivity index (χ0n) is 19.0. The fourth-order valence-corrected chi connectivity index (χ4v) is 4.53. The van der Waals surface area contributed by atoms with E-state index in [9.17, 15) is 4.79 Å². The number of rotatable bonds is 8. The SMILES string of the molecule is CC(C)CCc1ccc(N(C)C(=O)c2cccs2)cc1N=CCc1ccc2c(c1)CCO2. The van der Waals surface area contributed by atoms with Crippen LogP contribution in [-0.2, 0) is 19.3 Å². The van der Waals surface area contributed by atoms with Crippen molar-refractivity contribution < 1.29 is 9.53 Å². The van der Waals surface area contributed by atoms with E-state index in [1.165, 1.54) is 28.0 Å². The highest BCUT2D eigenvalue weighted by molar-refractivity contribution is 7.12. The first kappa shape index (κ1) is 22.3. The van der Waals surface area contributed by atoms with Crippen molar-refractivity contribution in [2.75, 3.05) is 18.6 Å². The number of amides is 1. The van der Waals surface area contributed by atoms with Crippen LogP contribution in [0.15, 0.2) is 58.9 Å². The molecule has 1 aromatic heterocycles. The number of thiophene rings is 1. The van der Waals surface area contributed by atoms with Crippen LogP contribution in [0.25, 0.3) is 0 Å². The Morgan fingerprint density at radius 1 is 1.22 bits per heavy atom. The van der Waals surface area contributed by atoms with E-state index in [2.05, 4.69) is 38.1 Å². The zero-order chi connectivity index (χ0) is 22.5. The maximum Gasteiger partial charge on any atom is 0.268 e. The monoisotopic (exact) mass is 446 g/mol. The van der Waals surface area contributed by atoms with Crippen LogP contribution in [0.4, 0.5) is 11.4 Å². The average molecular weight is 447 g/mol. The molecular weight excluding hydrogens is 416 g/mol. The number of carbonyl (C=O) groups is 1. The van der Waals surface area contributed by atoms with Crippen LogP contribution in [0.2, 0.25) is 0 Å². The Bertz CT molecular complexity index is 1100. The molecule has 0 saturated heterocycles. The summed E-state index contributed by atoms with van der Waals surface area (Å²) in [4.78, 5) is 20.1. The highest BCUT2D eigenvalue weighted by Crippen LogP contribution is 2.29. The molecule has 2 heterocycles. The second-order valence-corrected chi connectivity index (χ2v) is 9.59. The first-order chi connectivity index (χ1) is 15.5. The third-order valence-electron chi connectivity index (χ3n) is 5.80. The molecule has 0 saturated carbocycles. The van der Waals surface area contributed by atoms with Crippen molar-refractivity contribution in [3.8, 4) is 5.75 Å². The summed E-state index contributed by atoms with van der Waals surface area (Å²) in [6.07, 6.45) is 5.81. The number of nitrogens with zero attached hydrogens (tertiary/aromatic N) is 2. The lowest BCUT2D eigenvalue weighted by molar-refractivity contribution is 0.0997. The van der Waals surface area contributed by atoms with E-state index in [1.54, 1.807) is 4.90 Å². The molecule has 0 spiro atoms. The van der Waals surface area contributed by atoms with Crippen molar-refractivity contribution in [2.45, 2.75) is 39.5 Å². The Kier molecular flexibility index (Phi) is 7.05. The zero-order valence-corrected chi connectivity index (χ0v) is 19.8. The van der Waals surface area contributed by atoms with Gasteiger partial charge < -0.3 is 9.64 Å². The smallest absolute Gasteiger partial charge is 0.268 e. The van der Waals surface area contributed by atoms with E-state index in [0.29, 0.717) is 5.92 Å². The van der Waals surface area contributed by atoms with Gasteiger partial charge in [-0.15, -0.1) is 11.3 Å². The van der Waals surface area contributed by atoms with Gasteiger partial charge in [0.05, 0.1) is 17.2 Å². The van der Waals surface area contributed by atoms with Gasteiger partial charge in [-0.3, -0.25) is 9.79 Å². The summed E-state index contributed by atoms with van der Waals surface area (Å²) in [6.45, 7) is 5.25. The molecule has 32 heavy (non-hydrogen) atoms. The van der Waals surface area contributed by atoms with Gasteiger partial charge in [-0.25, -0.2) is 0 Å². The maximum atomic E-state index is 12.8. The molecular formula is C27H30N2O2S. The second-order valence-electron chi connectivity index (χ2n) is 8.64. The van der Waals surface area contributed by atoms with E-state index in [-0.39, 0.29) is 5.91 Å². The predicted molar refractivity (Wildman–Crippen MR) is 134 cm³/mol. The van der Waals surface area contributed by atoms with Crippen molar-refractivity contribution >= 4 is 34.8 Å². The fourth-order valence-electron chi connectivity index (χ4n) is 3.84. The van der Waals surface area contributed by atoms with Gasteiger partial charge in [0.1, 0.15) is 5.75 Å². The van der Waals surface area contributed by atoms with Crippen LogP contribution in [0.3, 0.4) is 0 Å². The number of aryl methyl sites for hydroxylation is 1. The normalized spacial score (nSPS) is 12.9. The van der Waals surface area contributed by atoms with Gasteiger partial charge in [-0.05, 0) is 65.1 Å². The molecule has 0 atom stereocenters. The summed E-state index contributed by atoms with van der Waals surface area (Å²) in [5, 5.41) is 1.93. The number of hydrogen-bond donors (Lipinski definition) is 0. The minimum Gasteiger partial charge on any atom is -0.493 e. The number of hydrogen-bond acceptors (Lipinski definition) is 4. The van der Waals surface area contributed by atoms with Crippen LogP contribution in [0.1, 0.15) is 46.6 Å². The van der Waals surface area contributed by atoms with Crippen LogP contribution in [0, 0.1) is 5.92 Å². The van der Waals surface area contributed by atoms with Crippen molar-refractivity contribution in [2.24, 2.45) is 10.9 Å². The molecule has 0 fully saturated rings. The molecule has 166 valence electrons. The number of ether oxygens (including phenoxy) is 1. The van der Waals surface area contributed by atoms with Crippen molar-refractivity contribution in [3.05, 3.63) is 75.5 Å². The van der Waals surface area contributed by atoms with Crippen LogP contribution >= 0.6 is 11.3 Å². The van der Waals surface area contributed by atoms with Gasteiger partial charge in [-0.1, -0.05) is 38.1 Å². The fraction of sp³-hybridized carbons (Fsp3) is 0.333.